The maximum absolute atomic E-state index is 15.1. The van der Waals surface area contributed by atoms with Gasteiger partial charge in [0.15, 0.2) is 25.2 Å². The number of hydrogen-bond donors (Lipinski definition) is 14. The van der Waals surface area contributed by atoms with E-state index in [1.807, 2.05) is 0 Å². The Bertz CT molecular complexity index is 2340. The molecule has 32 atom stereocenters. The van der Waals surface area contributed by atoms with Gasteiger partial charge in [0.05, 0.1) is 43.5 Å². The highest BCUT2D eigenvalue weighted by Gasteiger charge is 2.70. The lowest BCUT2D eigenvalue weighted by Gasteiger charge is -2.71. The van der Waals surface area contributed by atoms with Crippen LogP contribution in [0.2, 0.25) is 0 Å². The molecule has 4 saturated carbocycles. The highest BCUT2D eigenvalue weighted by Crippen LogP contribution is 2.75. The first-order chi connectivity index (χ1) is 38.9. The fourth-order valence-corrected chi connectivity index (χ4v) is 17.1. The van der Waals surface area contributed by atoms with Gasteiger partial charge >= 0.3 is 5.97 Å². The lowest BCUT2D eigenvalue weighted by Crippen LogP contribution is -2.66. The smallest absolute Gasteiger partial charge is 0.315 e. The van der Waals surface area contributed by atoms with Crippen molar-refractivity contribution < 1.29 is 124 Å². The predicted molar refractivity (Wildman–Crippen MR) is 282 cm³/mol. The lowest BCUT2D eigenvalue weighted by atomic mass is 9.34. The van der Waals surface area contributed by atoms with Crippen LogP contribution >= 0.6 is 0 Å². The minimum atomic E-state index is -1.89. The van der Waals surface area contributed by atoms with E-state index in [9.17, 15) is 71.5 Å². The second kappa shape index (κ2) is 23.8. The van der Waals surface area contributed by atoms with E-state index < -0.39 is 177 Å². The van der Waals surface area contributed by atoms with Gasteiger partial charge in [-0.05, 0) is 112 Å². The number of aliphatic hydroxyl groups excluding tert-OH is 14. The van der Waals surface area contributed by atoms with Crippen molar-refractivity contribution in [2.24, 2.45) is 44.8 Å². The van der Waals surface area contributed by atoms with Crippen LogP contribution in [0, 0.1) is 44.8 Å². The van der Waals surface area contributed by atoms with Gasteiger partial charge in [0, 0.05) is 5.92 Å². The van der Waals surface area contributed by atoms with Crippen molar-refractivity contribution >= 4 is 5.97 Å². The third kappa shape index (κ3) is 10.7. The van der Waals surface area contributed by atoms with Crippen molar-refractivity contribution in [3.05, 3.63) is 23.8 Å². The molecule has 5 aliphatic heterocycles. The molecule has 25 heteroatoms. The first-order valence-corrected chi connectivity index (χ1v) is 29.8. The van der Waals surface area contributed by atoms with E-state index in [1.54, 1.807) is 0 Å². The number of hydrogen-bond acceptors (Lipinski definition) is 25. The standard InChI is InChI=1S/C58H92O25/c1-23-11-16-58(53(73)83-51-44(71)40(67)37(64)30(79-51)22-75-48-45(72)41(68)46(29(20-59)78-48)81-49-42(69)38(65)34(61)24(2)76-49)18-17-56(7)26(27(58)19-23)9-10-32-55(6)14-13-33(54(4,5)31(55)12-15-57(32,56)8)80-52-47(36(63)28(60)21-74-52)82-50-43(70)39(66)35(62)25(3)77-50/h9,24-25,27-52,59-72H,1,10-22H2,2-8H3/t24?,25?,27?,28?,29-,30-,31?,32?,33?,34+,35+,36+,37?,38?,39?,40+,41-,42?,43?,44?,45?,46?,47?,48-,49+,50+,51+,52+,55?,56?,57?,58?/m1/s1. The number of esters is 1. The van der Waals surface area contributed by atoms with Crippen LogP contribution in [0.5, 0.6) is 0 Å². The van der Waals surface area contributed by atoms with Crippen molar-refractivity contribution in [3.8, 4) is 0 Å². The van der Waals surface area contributed by atoms with E-state index in [0.29, 0.717) is 38.5 Å². The monoisotopic (exact) mass is 1190 g/mol. The number of fused-ring (bicyclic) bond motifs is 7. The quantitative estimate of drug-likeness (QED) is 0.0572. The van der Waals surface area contributed by atoms with Gasteiger partial charge in [0.1, 0.15) is 104 Å². The third-order valence-corrected chi connectivity index (χ3v) is 22.5. The number of aliphatic hydroxyl groups is 14. The average Bonchev–Trinajstić information content (AvgIpc) is 0.778. The Balaban J connectivity index is 0.815. The highest BCUT2D eigenvalue weighted by molar-refractivity contribution is 5.79. The van der Waals surface area contributed by atoms with Crippen LogP contribution in [0.3, 0.4) is 0 Å². The van der Waals surface area contributed by atoms with Crippen LogP contribution in [0.4, 0.5) is 0 Å². The number of ether oxygens (including phenoxy) is 10. The van der Waals surface area contributed by atoms with E-state index in [0.717, 1.165) is 31.3 Å². The second-order valence-corrected chi connectivity index (χ2v) is 27.2. The van der Waals surface area contributed by atoms with E-state index >= 15 is 4.79 Å². The summed E-state index contributed by atoms with van der Waals surface area (Å²) in [6.45, 7) is 17.2. The zero-order valence-corrected chi connectivity index (χ0v) is 48.4. The van der Waals surface area contributed by atoms with Gasteiger partial charge in [-0.1, -0.05) is 58.4 Å². The van der Waals surface area contributed by atoms with Gasteiger partial charge in [0.2, 0.25) is 6.29 Å². The van der Waals surface area contributed by atoms with E-state index in [4.69, 9.17) is 47.4 Å². The highest BCUT2D eigenvalue weighted by atomic mass is 16.8. The Morgan fingerprint density at radius 1 is 0.602 bits per heavy atom. The van der Waals surface area contributed by atoms with Gasteiger partial charge in [0.25, 0.3) is 0 Å². The predicted octanol–water partition coefficient (Wildman–Crippen LogP) is -1.99. The van der Waals surface area contributed by atoms with Crippen molar-refractivity contribution in [1.29, 1.82) is 0 Å². The van der Waals surface area contributed by atoms with Crippen LogP contribution in [-0.2, 0) is 52.2 Å². The maximum Gasteiger partial charge on any atom is 0.315 e. The van der Waals surface area contributed by atoms with Crippen LogP contribution in [0.1, 0.15) is 113 Å². The van der Waals surface area contributed by atoms with E-state index in [2.05, 4.69) is 47.3 Å². The molecular weight excluding hydrogens is 1100 g/mol. The molecule has 10 aliphatic rings. The summed E-state index contributed by atoms with van der Waals surface area (Å²) >= 11 is 0. The molecule has 0 aromatic rings. The minimum Gasteiger partial charge on any atom is -0.432 e. The summed E-state index contributed by atoms with van der Waals surface area (Å²) in [5.74, 6) is -0.574. The Morgan fingerprint density at radius 2 is 1.19 bits per heavy atom. The molecule has 0 spiro atoms. The number of carbonyl (C=O) groups excluding carboxylic acids is 1. The SMILES string of the molecule is C=C1CCC2(C(=O)O[C@@H]3O[C@H](CO[C@@H]4O[C@H](CO)C(O[C@@H]5OC(C)[C@H](O)C(O)C5O)[C@H](O)C4O)C(O)[C@H](O)C3O)CCC3(C)C(=CCC4C5(C)CCC(O[C@@H]6OCC(O)[C@H](O)C6O[C@@H]6OC(C)[C@H](O)C(O)C6O)C(C)(C)C5CCC43C)C2C1. The molecule has 83 heavy (non-hydrogen) atoms. The summed E-state index contributed by atoms with van der Waals surface area (Å²) in [6, 6.07) is 0. The van der Waals surface area contributed by atoms with Crippen molar-refractivity contribution in [2.75, 3.05) is 19.8 Å². The van der Waals surface area contributed by atoms with Gasteiger partial charge < -0.3 is 119 Å². The van der Waals surface area contributed by atoms with Gasteiger partial charge in [-0.3, -0.25) is 4.79 Å². The van der Waals surface area contributed by atoms with Crippen LogP contribution in [0.25, 0.3) is 0 Å². The molecule has 10 rings (SSSR count). The fourth-order valence-electron chi connectivity index (χ4n) is 17.1. The van der Waals surface area contributed by atoms with Crippen molar-refractivity contribution in [3.63, 3.8) is 0 Å². The Kier molecular flexibility index (Phi) is 18.3. The molecule has 9 fully saturated rings. The van der Waals surface area contributed by atoms with Gasteiger partial charge in [-0.15, -0.1) is 0 Å². The van der Waals surface area contributed by atoms with Crippen LogP contribution in [-0.4, -0.2) is 251 Å². The summed E-state index contributed by atoms with van der Waals surface area (Å²) < 4.78 is 59.4. The number of rotatable bonds is 12. The molecule has 5 aliphatic carbocycles. The fraction of sp³-hybridized carbons (Fsp3) is 0.914. The first kappa shape index (κ1) is 64.0. The molecule has 0 aromatic carbocycles. The minimum absolute atomic E-state index is 0.161. The van der Waals surface area contributed by atoms with Crippen LogP contribution < -0.4 is 0 Å². The maximum atomic E-state index is 15.1. The molecule has 474 valence electrons. The van der Waals surface area contributed by atoms with E-state index in [-0.39, 0.29) is 46.7 Å². The number of carbonyl (C=O) groups is 1. The molecule has 0 aromatic heterocycles. The molecule has 0 radical (unpaired) electrons. The van der Waals surface area contributed by atoms with Crippen LogP contribution in [0.15, 0.2) is 23.8 Å². The van der Waals surface area contributed by atoms with E-state index in [1.165, 1.54) is 19.4 Å². The number of allylic oxidation sites excluding steroid dienone is 3. The topological polar surface area (TPSA) is 393 Å². The molecule has 0 bridgehead atoms. The zero-order chi connectivity index (χ0) is 60.4. The Morgan fingerprint density at radius 3 is 1.83 bits per heavy atom. The average molecular weight is 1190 g/mol. The van der Waals surface area contributed by atoms with Gasteiger partial charge in [-0.2, -0.15) is 0 Å². The normalized spacial score (nSPS) is 54.5. The van der Waals surface area contributed by atoms with Crippen molar-refractivity contribution in [2.45, 2.75) is 266 Å². The molecule has 20 unspecified atom stereocenters. The third-order valence-electron chi connectivity index (χ3n) is 22.5. The largest absolute Gasteiger partial charge is 0.432 e. The summed E-state index contributed by atoms with van der Waals surface area (Å²) in [7, 11) is 0. The Hall–Kier alpha value is -1.97. The van der Waals surface area contributed by atoms with Crippen molar-refractivity contribution in [1.82, 2.24) is 0 Å². The zero-order valence-electron chi connectivity index (χ0n) is 48.4. The molecule has 5 heterocycles. The summed E-state index contributed by atoms with van der Waals surface area (Å²) in [5, 5.41) is 151. The lowest BCUT2D eigenvalue weighted by molar-refractivity contribution is -0.364. The summed E-state index contributed by atoms with van der Waals surface area (Å²) in [4.78, 5) is 15.1. The summed E-state index contributed by atoms with van der Waals surface area (Å²) in [6.07, 6.45) is -28.6. The molecule has 5 saturated heterocycles. The molecule has 25 nitrogen and oxygen atoms in total. The second-order valence-electron chi connectivity index (χ2n) is 27.2. The molecular formula is C58H92O25. The molecule has 14 N–H and O–H groups in total. The first-order valence-electron chi connectivity index (χ1n) is 29.8. The molecule has 0 amide bonds. The Labute approximate surface area is 483 Å². The van der Waals surface area contributed by atoms with Gasteiger partial charge in [-0.25, -0.2) is 0 Å². The summed E-state index contributed by atoms with van der Waals surface area (Å²) in [5.41, 5.74) is -0.119.